The lowest BCUT2D eigenvalue weighted by Gasteiger charge is -2.43. The number of hydrogen-bond acceptors (Lipinski definition) is 5. The molecule has 25 heavy (non-hydrogen) atoms. The zero-order valence-electron chi connectivity index (χ0n) is 14.9. The number of piperidine rings is 1. The third-order valence-corrected chi connectivity index (χ3v) is 5.16. The van der Waals surface area contributed by atoms with E-state index in [0.29, 0.717) is 18.4 Å². The molecule has 0 aromatic heterocycles. The smallest absolute Gasteiger partial charge is 0.328 e. The van der Waals surface area contributed by atoms with Crippen molar-refractivity contribution in [2.45, 2.75) is 24.6 Å². The summed E-state index contributed by atoms with van der Waals surface area (Å²) in [6, 6.07) is 6.28. The molecule has 0 radical (unpaired) electrons. The molecule has 0 saturated carbocycles. The topological polar surface area (TPSA) is 73.3 Å². The van der Waals surface area contributed by atoms with E-state index in [1.54, 1.807) is 12.1 Å². The summed E-state index contributed by atoms with van der Waals surface area (Å²) in [6.07, 6.45) is 1.24. The van der Waals surface area contributed by atoms with Crippen LogP contribution >= 0.6 is 0 Å². The molecule has 2 heterocycles. The lowest BCUT2D eigenvalue weighted by Crippen LogP contribution is -2.57. The van der Waals surface area contributed by atoms with Crippen molar-refractivity contribution in [2.75, 3.05) is 45.7 Å². The van der Waals surface area contributed by atoms with Crippen LogP contribution in [0.5, 0.6) is 0 Å². The van der Waals surface area contributed by atoms with Crippen molar-refractivity contribution in [3.8, 4) is 0 Å². The maximum Gasteiger partial charge on any atom is 0.328 e. The molecule has 1 N–H and O–H groups in total. The third kappa shape index (κ3) is 3.21. The first-order valence-electron chi connectivity index (χ1n) is 8.50. The molecule has 1 aromatic carbocycles. The van der Waals surface area contributed by atoms with Gasteiger partial charge in [-0.05, 0) is 31.3 Å². The zero-order valence-corrected chi connectivity index (χ0v) is 14.9. The fourth-order valence-electron chi connectivity index (χ4n) is 3.56. The summed E-state index contributed by atoms with van der Waals surface area (Å²) in [5, 5.41) is 9.57. The third-order valence-electron chi connectivity index (χ3n) is 5.16. The highest BCUT2D eigenvalue weighted by Crippen LogP contribution is 2.38. The number of carbonyl (C=O) groups is 2. The van der Waals surface area contributed by atoms with Gasteiger partial charge in [0.2, 0.25) is 0 Å². The number of hydrogen-bond donors (Lipinski definition) is 1. The summed E-state index contributed by atoms with van der Waals surface area (Å²) in [5.41, 5.74) is 0.658. The average Bonchev–Trinajstić information content (AvgIpc) is 2.96. The summed E-state index contributed by atoms with van der Waals surface area (Å²) >= 11 is 0. The molecule has 7 nitrogen and oxygen atoms in total. The van der Waals surface area contributed by atoms with Crippen molar-refractivity contribution in [1.29, 1.82) is 0 Å². The number of aliphatic carboxylic acids is 1. The molecule has 2 fully saturated rings. The molecule has 136 valence electrons. The number of carboxylic acids is 1. The van der Waals surface area contributed by atoms with Gasteiger partial charge < -0.3 is 19.6 Å². The lowest BCUT2D eigenvalue weighted by atomic mass is 9.97. The van der Waals surface area contributed by atoms with Crippen molar-refractivity contribution in [1.82, 2.24) is 9.80 Å². The van der Waals surface area contributed by atoms with Crippen LogP contribution in [-0.2, 0) is 9.53 Å². The summed E-state index contributed by atoms with van der Waals surface area (Å²) in [6.45, 7) is 1.59. The molecule has 3 rings (SSSR count). The molecule has 1 spiro atoms. The van der Waals surface area contributed by atoms with E-state index >= 15 is 0 Å². The zero-order chi connectivity index (χ0) is 18.2. The van der Waals surface area contributed by atoms with Crippen LogP contribution in [0.4, 0.5) is 5.69 Å². The fourth-order valence-corrected chi connectivity index (χ4v) is 3.56. The predicted molar refractivity (Wildman–Crippen MR) is 93.8 cm³/mol. The number of ether oxygens (including phenoxy) is 1. The summed E-state index contributed by atoms with van der Waals surface area (Å²) in [7, 11) is 5.88. The number of benzene rings is 1. The van der Waals surface area contributed by atoms with E-state index in [4.69, 9.17) is 4.74 Å². The highest BCUT2D eigenvalue weighted by atomic mass is 16.5. The first-order valence-corrected chi connectivity index (χ1v) is 8.50. The molecule has 2 aliphatic rings. The van der Waals surface area contributed by atoms with Crippen LogP contribution in [0.2, 0.25) is 0 Å². The second kappa shape index (κ2) is 6.65. The van der Waals surface area contributed by atoms with Crippen molar-refractivity contribution >= 4 is 17.6 Å². The van der Waals surface area contributed by atoms with Crippen LogP contribution in [-0.4, -0.2) is 79.4 Å². The van der Waals surface area contributed by atoms with E-state index in [-0.39, 0.29) is 12.5 Å². The minimum Gasteiger partial charge on any atom is -0.480 e. The van der Waals surface area contributed by atoms with Crippen molar-refractivity contribution in [3.63, 3.8) is 0 Å². The van der Waals surface area contributed by atoms with E-state index in [1.807, 2.05) is 38.2 Å². The molecule has 0 aliphatic carbocycles. The Morgan fingerprint density at radius 3 is 2.32 bits per heavy atom. The number of amides is 1. The molecule has 1 atom stereocenters. The molecule has 1 amide bonds. The van der Waals surface area contributed by atoms with Gasteiger partial charge in [0, 0.05) is 51.3 Å². The van der Waals surface area contributed by atoms with E-state index in [9.17, 15) is 14.7 Å². The van der Waals surface area contributed by atoms with Crippen LogP contribution in [0.3, 0.4) is 0 Å². The molecule has 0 unspecified atom stereocenters. The number of carboxylic acid groups (broad SMARTS) is 1. The largest absolute Gasteiger partial charge is 0.480 e. The SMILES string of the molecule is CN1CCC2(CC1)OC[C@@H](C(=O)O)N2C(=O)c1ccc(N(C)C)cc1. The molecule has 2 aliphatic heterocycles. The van der Waals surface area contributed by atoms with Crippen LogP contribution in [0.1, 0.15) is 23.2 Å². The highest BCUT2D eigenvalue weighted by molar-refractivity contribution is 5.97. The van der Waals surface area contributed by atoms with E-state index < -0.39 is 17.7 Å². The predicted octanol–water partition coefficient (Wildman–Crippen LogP) is 1.10. The van der Waals surface area contributed by atoms with Gasteiger partial charge in [-0.2, -0.15) is 0 Å². The Kier molecular flexibility index (Phi) is 4.71. The molecular weight excluding hydrogens is 322 g/mol. The van der Waals surface area contributed by atoms with Crippen molar-refractivity contribution in [2.24, 2.45) is 0 Å². The van der Waals surface area contributed by atoms with Gasteiger partial charge in [0.1, 0.15) is 5.72 Å². The average molecular weight is 347 g/mol. The Balaban J connectivity index is 1.91. The highest BCUT2D eigenvalue weighted by Gasteiger charge is 2.53. The van der Waals surface area contributed by atoms with Crippen LogP contribution in [0.25, 0.3) is 0 Å². The van der Waals surface area contributed by atoms with Gasteiger partial charge in [-0.25, -0.2) is 4.79 Å². The number of nitrogens with zero attached hydrogens (tertiary/aromatic N) is 3. The van der Waals surface area contributed by atoms with Gasteiger partial charge in [0.25, 0.3) is 5.91 Å². The van der Waals surface area contributed by atoms with Gasteiger partial charge in [-0.15, -0.1) is 0 Å². The Hall–Kier alpha value is -2.12. The Labute approximate surface area is 147 Å². The standard InChI is InChI=1S/C18H25N3O4/c1-19(2)14-6-4-13(5-7-14)16(22)21-15(17(23)24)12-25-18(21)8-10-20(3)11-9-18/h4-7,15H,8-12H2,1-3H3,(H,23,24)/t15-/m0/s1. The van der Waals surface area contributed by atoms with Gasteiger partial charge in [0.05, 0.1) is 6.61 Å². The number of likely N-dealkylation sites (tertiary alicyclic amines) is 1. The number of rotatable bonds is 3. The summed E-state index contributed by atoms with van der Waals surface area (Å²) in [4.78, 5) is 30.4. The molecule has 0 bridgehead atoms. The second-order valence-electron chi connectivity index (χ2n) is 7.03. The second-order valence-corrected chi connectivity index (χ2v) is 7.03. The fraction of sp³-hybridized carbons (Fsp3) is 0.556. The Morgan fingerprint density at radius 1 is 1.20 bits per heavy atom. The quantitative estimate of drug-likeness (QED) is 0.883. The first kappa shape index (κ1) is 17.7. The molecule has 2 saturated heterocycles. The first-order chi connectivity index (χ1) is 11.8. The van der Waals surface area contributed by atoms with Gasteiger partial charge in [0.15, 0.2) is 6.04 Å². The van der Waals surface area contributed by atoms with Gasteiger partial charge in [-0.1, -0.05) is 0 Å². The van der Waals surface area contributed by atoms with Crippen molar-refractivity contribution < 1.29 is 19.4 Å². The number of carbonyl (C=O) groups excluding carboxylic acids is 1. The Morgan fingerprint density at radius 2 is 1.80 bits per heavy atom. The lowest BCUT2D eigenvalue weighted by molar-refractivity contribution is -0.143. The summed E-state index contributed by atoms with van der Waals surface area (Å²) in [5.74, 6) is -1.30. The van der Waals surface area contributed by atoms with E-state index in [2.05, 4.69) is 4.90 Å². The van der Waals surface area contributed by atoms with E-state index in [1.165, 1.54) is 4.90 Å². The maximum absolute atomic E-state index is 13.2. The molecule has 1 aromatic rings. The van der Waals surface area contributed by atoms with Crippen LogP contribution in [0, 0.1) is 0 Å². The van der Waals surface area contributed by atoms with Crippen LogP contribution in [0.15, 0.2) is 24.3 Å². The van der Waals surface area contributed by atoms with Gasteiger partial charge in [-0.3, -0.25) is 9.69 Å². The van der Waals surface area contributed by atoms with E-state index in [0.717, 1.165) is 18.8 Å². The Bertz CT molecular complexity index is 651. The minimum atomic E-state index is -1.02. The molecular formula is C18H25N3O4. The van der Waals surface area contributed by atoms with Gasteiger partial charge >= 0.3 is 5.97 Å². The monoisotopic (exact) mass is 347 g/mol. The summed E-state index contributed by atoms with van der Waals surface area (Å²) < 4.78 is 5.91. The normalized spacial score (nSPS) is 23.0. The molecule has 7 heteroatoms. The minimum absolute atomic E-state index is 0.0422. The maximum atomic E-state index is 13.2. The van der Waals surface area contributed by atoms with Crippen molar-refractivity contribution in [3.05, 3.63) is 29.8 Å². The number of anilines is 1. The van der Waals surface area contributed by atoms with Crippen LogP contribution < -0.4 is 4.90 Å².